The van der Waals surface area contributed by atoms with Crippen LogP contribution in [0.3, 0.4) is 0 Å². The fraction of sp³-hybridized carbons (Fsp3) is 0.296. The van der Waals surface area contributed by atoms with E-state index in [9.17, 15) is 9.59 Å². The Bertz CT molecular complexity index is 1190. The molecule has 0 saturated heterocycles. The Hall–Kier alpha value is -3.67. The van der Waals surface area contributed by atoms with Crippen LogP contribution in [0, 0.1) is 0 Å². The summed E-state index contributed by atoms with van der Waals surface area (Å²) in [4.78, 5) is 27.4. The van der Waals surface area contributed by atoms with E-state index in [1.807, 2.05) is 61.7 Å². The predicted octanol–water partition coefficient (Wildman–Crippen LogP) is 5.21. The van der Waals surface area contributed by atoms with Gasteiger partial charge in [0.25, 0.3) is 5.91 Å². The lowest BCUT2D eigenvalue weighted by atomic mass is 9.83. The van der Waals surface area contributed by atoms with Crippen molar-refractivity contribution >= 4 is 29.0 Å². The van der Waals surface area contributed by atoms with Gasteiger partial charge in [0.15, 0.2) is 0 Å². The van der Waals surface area contributed by atoms with Crippen LogP contribution in [-0.4, -0.2) is 31.7 Å². The van der Waals surface area contributed by atoms with Gasteiger partial charge >= 0.3 is 5.97 Å². The standard InChI is InChI=1S/C27H29N3O3/c1-6-10-22-20(25(31)30(28-22)19-11-8-7-9-12-19)14-16-24-27(2,3)21-17-18(26(32)33-5)13-15-23(21)29(24)4/h7-9,11-17H,6,10H2,1-5H3/b20-14+,24-16-. The molecule has 0 radical (unpaired) electrons. The summed E-state index contributed by atoms with van der Waals surface area (Å²) in [6.07, 6.45) is 5.52. The number of amides is 1. The number of carbonyl (C=O) groups is 2. The van der Waals surface area contributed by atoms with E-state index >= 15 is 0 Å². The number of para-hydroxylation sites is 1. The summed E-state index contributed by atoms with van der Waals surface area (Å²) >= 11 is 0. The third-order valence-electron chi connectivity index (χ3n) is 6.30. The lowest BCUT2D eigenvalue weighted by Crippen LogP contribution is -2.23. The van der Waals surface area contributed by atoms with Crippen molar-refractivity contribution in [3.63, 3.8) is 0 Å². The van der Waals surface area contributed by atoms with Crippen molar-refractivity contribution in [2.75, 3.05) is 24.1 Å². The highest BCUT2D eigenvalue weighted by molar-refractivity contribution is 6.30. The van der Waals surface area contributed by atoms with Gasteiger partial charge in [0.2, 0.25) is 0 Å². The smallest absolute Gasteiger partial charge is 0.337 e. The van der Waals surface area contributed by atoms with E-state index in [-0.39, 0.29) is 17.3 Å². The molecule has 0 N–H and O–H groups in total. The molecule has 2 heterocycles. The molecule has 33 heavy (non-hydrogen) atoms. The average Bonchev–Trinajstić information content (AvgIpc) is 3.23. The molecule has 0 fully saturated rings. The summed E-state index contributed by atoms with van der Waals surface area (Å²) in [5.41, 5.74) is 5.46. The molecule has 2 aromatic carbocycles. The summed E-state index contributed by atoms with van der Waals surface area (Å²) in [7, 11) is 3.39. The van der Waals surface area contributed by atoms with Gasteiger partial charge in [-0.25, -0.2) is 4.79 Å². The highest BCUT2D eigenvalue weighted by Crippen LogP contribution is 2.47. The number of benzene rings is 2. The number of ether oxygens (including phenoxy) is 1. The van der Waals surface area contributed by atoms with Gasteiger partial charge in [-0.2, -0.15) is 10.1 Å². The van der Waals surface area contributed by atoms with Crippen molar-refractivity contribution in [2.24, 2.45) is 5.10 Å². The number of fused-ring (bicyclic) bond motifs is 1. The van der Waals surface area contributed by atoms with E-state index < -0.39 is 0 Å². The second-order valence-electron chi connectivity index (χ2n) is 8.79. The minimum Gasteiger partial charge on any atom is -0.465 e. The van der Waals surface area contributed by atoms with Gasteiger partial charge in [0.05, 0.1) is 29.6 Å². The number of anilines is 2. The summed E-state index contributed by atoms with van der Waals surface area (Å²) in [5.74, 6) is -0.473. The number of methoxy groups -OCH3 is 1. The Balaban J connectivity index is 1.72. The van der Waals surface area contributed by atoms with Crippen molar-refractivity contribution in [3.05, 3.63) is 83.1 Å². The second-order valence-corrected chi connectivity index (χ2v) is 8.79. The first kappa shape index (κ1) is 22.5. The van der Waals surface area contributed by atoms with Crippen LogP contribution >= 0.6 is 0 Å². The normalized spacial score (nSPS) is 19.3. The van der Waals surface area contributed by atoms with Crippen LogP contribution in [0.2, 0.25) is 0 Å². The molecule has 0 unspecified atom stereocenters. The zero-order chi connectivity index (χ0) is 23.8. The van der Waals surface area contributed by atoms with E-state index in [1.54, 1.807) is 6.07 Å². The van der Waals surface area contributed by atoms with Gasteiger partial charge in [0, 0.05) is 23.8 Å². The molecule has 0 saturated carbocycles. The molecule has 4 rings (SSSR count). The van der Waals surface area contributed by atoms with Crippen molar-refractivity contribution in [3.8, 4) is 0 Å². The number of carbonyl (C=O) groups excluding carboxylic acids is 2. The molecule has 0 atom stereocenters. The van der Waals surface area contributed by atoms with E-state index in [0.717, 1.165) is 41.2 Å². The molecule has 6 nitrogen and oxygen atoms in total. The molecule has 0 spiro atoms. The number of nitrogens with zero attached hydrogens (tertiary/aromatic N) is 3. The Morgan fingerprint density at radius 3 is 2.52 bits per heavy atom. The topological polar surface area (TPSA) is 62.2 Å². The largest absolute Gasteiger partial charge is 0.465 e. The second kappa shape index (κ2) is 8.70. The Morgan fingerprint density at radius 2 is 1.85 bits per heavy atom. The summed E-state index contributed by atoms with van der Waals surface area (Å²) in [6, 6.07) is 15.1. The van der Waals surface area contributed by atoms with E-state index in [4.69, 9.17) is 4.74 Å². The van der Waals surface area contributed by atoms with Crippen LogP contribution in [0.25, 0.3) is 0 Å². The maximum Gasteiger partial charge on any atom is 0.337 e. The molecule has 0 aromatic heterocycles. The van der Waals surface area contributed by atoms with E-state index in [2.05, 4.69) is 30.8 Å². The van der Waals surface area contributed by atoms with Crippen molar-refractivity contribution in [1.29, 1.82) is 0 Å². The summed E-state index contributed by atoms with van der Waals surface area (Å²) in [6.45, 7) is 6.32. The number of likely N-dealkylation sites (N-methyl/N-ethyl adjacent to an activating group) is 1. The highest BCUT2D eigenvalue weighted by Gasteiger charge is 2.39. The van der Waals surface area contributed by atoms with Gasteiger partial charge in [-0.15, -0.1) is 0 Å². The first-order chi connectivity index (χ1) is 15.8. The van der Waals surface area contributed by atoms with Gasteiger partial charge in [0.1, 0.15) is 0 Å². The lowest BCUT2D eigenvalue weighted by Gasteiger charge is -2.24. The molecule has 2 aromatic rings. The molecule has 2 aliphatic heterocycles. The maximum atomic E-state index is 13.3. The zero-order valence-corrected chi connectivity index (χ0v) is 19.8. The fourth-order valence-electron chi connectivity index (χ4n) is 4.53. The number of rotatable bonds is 5. The first-order valence-electron chi connectivity index (χ1n) is 11.2. The Morgan fingerprint density at radius 1 is 1.12 bits per heavy atom. The molecular weight excluding hydrogens is 414 g/mol. The van der Waals surface area contributed by atoms with Gasteiger partial charge in [-0.3, -0.25) is 4.79 Å². The number of esters is 1. The molecule has 2 aliphatic rings. The van der Waals surface area contributed by atoms with Crippen LogP contribution < -0.4 is 9.91 Å². The Labute approximate surface area is 194 Å². The van der Waals surface area contributed by atoms with Crippen molar-refractivity contribution < 1.29 is 14.3 Å². The SMILES string of the molecule is CCCC1=NN(c2ccccc2)C(=O)/C1=C/C=C1\N(C)c2ccc(C(=O)OC)cc2C1(C)C. The maximum absolute atomic E-state index is 13.3. The molecule has 0 aliphatic carbocycles. The molecule has 170 valence electrons. The summed E-state index contributed by atoms with van der Waals surface area (Å²) in [5, 5.41) is 6.11. The molecule has 1 amide bonds. The lowest BCUT2D eigenvalue weighted by molar-refractivity contribution is -0.114. The van der Waals surface area contributed by atoms with Crippen LogP contribution in [-0.2, 0) is 14.9 Å². The third-order valence-corrected chi connectivity index (χ3v) is 6.30. The predicted molar refractivity (Wildman–Crippen MR) is 132 cm³/mol. The van der Waals surface area contributed by atoms with Gasteiger partial charge < -0.3 is 9.64 Å². The quantitative estimate of drug-likeness (QED) is 0.470. The number of hydrazone groups is 1. The minimum absolute atomic E-state index is 0.120. The fourth-order valence-corrected chi connectivity index (χ4v) is 4.53. The number of hydrogen-bond acceptors (Lipinski definition) is 5. The van der Waals surface area contributed by atoms with Crippen LogP contribution in [0.4, 0.5) is 11.4 Å². The third kappa shape index (κ3) is 3.86. The molecule has 0 bridgehead atoms. The van der Waals surface area contributed by atoms with Gasteiger partial charge in [-0.1, -0.05) is 45.4 Å². The van der Waals surface area contributed by atoms with Crippen LogP contribution in [0.5, 0.6) is 0 Å². The molecule has 6 heteroatoms. The highest BCUT2D eigenvalue weighted by atomic mass is 16.5. The average molecular weight is 444 g/mol. The van der Waals surface area contributed by atoms with E-state index in [1.165, 1.54) is 12.1 Å². The zero-order valence-electron chi connectivity index (χ0n) is 19.8. The monoisotopic (exact) mass is 443 g/mol. The van der Waals surface area contributed by atoms with E-state index in [0.29, 0.717) is 11.1 Å². The number of allylic oxidation sites excluding steroid dienone is 3. The van der Waals surface area contributed by atoms with Gasteiger partial charge in [-0.05, 0) is 54.5 Å². The van der Waals surface area contributed by atoms with Crippen molar-refractivity contribution in [1.82, 2.24) is 0 Å². The van der Waals surface area contributed by atoms with Crippen LogP contribution in [0.1, 0.15) is 49.5 Å². The number of hydrogen-bond donors (Lipinski definition) is 0. The Kier molecular flexibility index (Phi) is 5.93. The van der Waals surface area contributed by atoms with Crippen LogP contribution in [0.15, 0.2) is 77.1 Å². The van der Waals surface area contributed by atoms with Crippen molar-refractivity contribution in [2.45, 2.75) is 39.0 Å². The first-order valence-corrected chi connectivity index (χ1v) is 11.2. The molecular formula is C27H29N3O3. The summed E-state index contributed by atoms with van der Waals surface area (Å²) < 4.78 is 4.89. The minimum atomic E-state index is -0.353.